The molecular formula is C11H10F2N4. The molecule has 2 aromatic rings. The van der Waals surface area contributed by atoms with Crippen LogP contribution in [0.4, 0.5) is 8.78 Å². The number of benzene rings is 1. The number of halogens is 2. The van der Waals surface area contributed by atoms with E-state index in [0.717, 1.165) is 6.07 Å². The third-order valence-electron chi connectivity index (χ3n) is 2.37. The van der Waals surface area contributed by atoms with Crippen molar-refractivity contribution in [1.29, 1.82) is 0 Å². The summed E-state index contributed by atoms with van der Waals surface area (Å²) in [6, 6.07) is 3.23. The molecule has 0 spiro atoms. The van der Waals surface area contributed by atoms with Crippen molar-refractivity contribution in [3.05, 3.63) is 59.7 Å². The summed E-state index contributed by atoms with van der Waals surface area (Å²) in [5, 5.41) is 0. The number of hydrazine groups is 1. The van der Waals surface area contributed by atoms with E-state index in [1.165, 1.54) is 30.9 Å². The molecule has 0 bridgehead atoms. The van der Waals surface area contributed by atoms with Crippen molar-refractivity contribution in [2.24, 2.45) is 5.84 Å². The monoisotopic (exact) mass is 236 g/mol. The zero-order valence-corrected chi connectivity index (χ0v) is 8.77. The van der Waals surface area contributed by atoms with Gasteiger partial charge in [-0.25, -0.2) is 24.2 Å². The van der Waals surface area contributed by atoms with Gasteiger partial charge < -0.3 is 0 Å². The van der Waals surface area contributed by atoms with Crippen LogP contribution in [0.2, 0.25) is 0 Å². The van der Waals surface area contributed by atoms with Crippen molar-refractivity contribution in [2.45, 2.75) is 6.04 Å². The maximum absolute atomic E-state index is 13.6. The zero-order chi connectivity index (χ0) is 12.3. The van der Waals surface area contributed by atoms with E-state index in [-0.39, 0.29) is 5.56 Å². The minimum absolute atomic E-state index is 0.113. The maximum Gasteiger partial charge on any atom is 0.163 e. The lowest BCUT2D eigenvalue weighted by Gasteiger charge is -2.16. The Morgan fingerprint density at radius 3 is 2.53 bits per heavy atom. The summed E-state index contributed by atoms with van der Waals surface area (Å²) in [6.45, 7) is 0. The van der Waals surface area contributed by atoms with Crippen molar-refractivity contribution in [3.63, 3.8) is 0 Å². The number of nitrogens with one attached hydrogen (secondary N) is 1. The summed E-state index contributed by atoms with van der Waals surface area (Å²) < 4.78 is 26.7. The lowest BCUT2D eigenvalue weighted by Crippen LogP contribution is -2.30. The average molecular weight is 236 g/mol. The molecule has 0 fully saturated rings. The fraction of sp³-hybridized carbons (Fsp3) is 0.0909. The molecule has 0 amide bonds. The molecule has 3 N–H and O–H groups in total. The molecule has 1 aromatic carbocycles. The summed E-state index contributed by atoms with van der Waals surface area (Å²) in [5.41, 5.74) is 3.08. The molecule has 1 atom stereocenters. The van der Waals surface area contributed by atoms with Crippen molar-refractivity contribution in [3.8, 4) is 0 Å². The van der Waals surface area contributed by atoms with Gasteiger partial charge in [-0.3, -0.25) is 5.84 Å². The van der Waals surface area contributed by atoms with E-state index >= 15 is 0 Å². The lowest BCUT2D eigenvalue weighted by atomic mass is 10.0. The first kappa shape index (κ1) is 11.6. The summed E-state index contributed by atoms with van der Waals surface area (Å²) >= 11 is 0. The molecule has 17 heavy (non-hydrogen) atoms. The maximum atomic E-state index is 13.6. The Hall–Kier alpha value is -1.92. The first-order valence-electron chi connectivity index (χ1n) is 4.89. The van der Waals surface area contributed by atoms with Crippen LogP contribution in [0.1, 0.15) is 17.2 Å². The van der Waals surface area contributed by atoms with Gasteiger partial charge in [-0.15, -0.1) is 0 Å². The first-order chi connectivity index (χ1) is 8.24. The van der Waals surface area contributed by atoms with Crippen LogP contribution in [0.25, 0.3) is 0 Å². The van der Waals surface area contributed by atoms with E-state index < -0.39 is 17.7 Å². The third-order valence-corrected chi connectivity index (χ3v) is 2.37. The fourth-order valence-electron chi connectivity index (χ4n) is 1.57. The third kappa shape index (κ3) is 2.27. The highest BCUT2D eigenvalue weighted by atomic mass is 19.2. The molecule has 0 saturated carbocycles. The molecule has 1 aromatic heterocycles. The van der Waals surface area contributed by atoms with E-state index in [1.54, 1.807) is 0 Å². The van der Waals surface area contributed by atoms with E-state index in [0.29, 0.717) is 5.56 Å². The number of aromatic nitrogens is 2. The van der Waals surface area contributed by atoms with E-state index in [2.05, 4.69) is 15.4 Å². The second-order valence-corrected chi connectivity index (χ2v) is 3.41. The Kier molecular flexibility index (Phi) is 3.36. The lowest BCUT2D eigenvalue weighted by molar-refractivity contribution is 0.482. The Labute approximate surface area is 96.5 Å². The van der Waals surface area contributed by atoms with Gasteiger partial charge in [0.05, 0.1) is 6.04 Å². The smallest absolute Gasteiger partial charge is 0.163 e. The second kappa shape index (κ2) is 4.94. The van der Waals surface area contributed by atoms with Gasteiger partial charge in [0.25, 0.3) is 0 Å². The number of hydrogen-bond acceptors (Lipinski definition) is 4. The quantitative estimate of drug-likeness (QED) is 0.623. The van der Waals surface area contributed by atoms with E-state index in [1.807, 2.05) is 0 Å². The van der Waals surface area contributed by atoms with Gasteiger partial charge in [0.15, 0.2) is 11.6 Å². The predicted octanol–water partition coefficient (Wildman–Crippen LogP) is 1.31. The van der Waals surface area contributed by atoms with Gasteiger partial charge >= 0.3 is 0 Å². The van der Waals surface area contributed by atoms with Gasteiger partial charge in [0.2, 0.25) is 0 Å². The SMILES string of the molecule is NNC(c1cncnc1)c1cccc(F)c1F. The average Bonchev–Trinajstić information content (AvgIpc) is 2.37. The molecule has 0 radical (unpaired) electrons. The minimum atomic E-state index is -0.931. The van der Waals surface area contributed by atoms with Crippen molar-refractivity contribution < 1.29 is 8.78 Å². The highest BCUT2D eigenvalue weighted by Gasteiger charge is 2.19. The van der Waals surface area contributed by atoms with Crippen molar-refractivity contribution >= 4 is 0 Å². The van der Waals surface area contributed by atoms with Crippen molar-refractivity contribution in [2.75, 3.05) is 0 Å². The highest BCUT2D eigenvalue weighted by molar-refractivity contribution is 5.30. The van der Waals surface area contributed by atoms with E-state index in [9.17, 15) is 8.78 Å². The molecule has 88 valence electrons. The highest BCUT2D eigenvalue weighted by Crippen LogP contribution is 2.23. The Balaban J connectivity index is 2.46. The summed E-state index contributed by atoms with van der Waals surface area (Å²) in [4.78, 5) is 7.62. The van der Waals surface area contributed by atoms with Gasteiger partial charge in [0, 0.05) is 23.5 Å². The van der Waals surface area contributed by atoms with Crippen LogP contribution in [-0.2, 0) is 0 Å². The van der Waals surface area contributed by atoms with Crippen LogP contribution in [0.5, 0.6) is 0 Å². The summed E-state index contributed by atoms with van der Waals surface area (Å²) in [6.07, 6.45) is 4.32. The molecule has 6 heteroatoms. The molecule has 0 aliphatic heterocycles. The summed E-state index contributed by atoms with van der Waals surface area (Å²) in [7, 11) is 0. The zero-order valence-electron chi connectivity index (χ0n) is 8.77. The van der Waals surface area contributed by atoms with Crippen LogP contribution in [-0.4, -0.2) is 9.97 Å². The Morgan fingerprint density at radius 2 is 1.88 bits per heavy atom. The Bertz CT molecular complexity index is 504. The molecule has 1 unspecified atom stereocenters. The van der Waals surface area contributed by atoms with Gasteiger partial charge in [-0.2, -0.15) is 0 Å². The normalized spacial score (nSPS) is 12.4. The minimum Gasteiger partial charge on any atom is -0.271 e. The molecule has 0 saturated heterocycles. The van der Waals surface area contributed by atoms with Gasteiger partial charge in [0.1, 0.15) is 6.33 Å². The van der Waals surface area contributed by atoms with Crippen molar-refractivity contribution in [1.82, 2.24) is 15.4 Å². The largest absolute Gasteiger partial charge is 0.271 e. The molecular weight excluding hydrogens is 226 g/mol. The fourth-order valence-corrected chi connectivity index (χ4v) is 1.57. The van der Waals surface area contributed by atoms with Crippen LogP contribution >= 0.6 is 0 Å². The molecule has 1 heterocycles. The Morgan fingerprint density at radius 1 is 1.18 bits per heavy atom. The van der Waals surface area contributed by atoms with Gasteiger partial charge in [-0.1, -0.05) is 12.1 Å². The van der Waals surface area contributed by atoms with Crippen LogP contribution in [0, 0.1) is 11.6 Å². The molecule has 2 rings (SSSR count). The number of nitrogens with two attached hydrogens (primary N) is 1. The van der Waals surface area contributed by atoms with Gasteiger partial charge in [-0.05, 0) is 6.07 Å². The summed E-state index contributed by atoms with van der Waals surface area (Å²) in [5.74, 6) is 3.51. The van der Waals surface area contributed by atoms with Crippen LogP contribution in [0.3, 0.4) is 0 Å². The molecule has 4 nitrogen and oxygen atoms in total. The van der Waals surface area contributed by atoms with E-state index in [4.69, 9.17) is 5.84 Å². The molecule has 0 aliphatic carbocycles. The van der Waals surface area contributed by atoms with Crippen LogP contribution < -0.4 is 11.3 Å². The molecule has 0 aliphatic rings. The topological polar surface area (TPSA) is 63.8 Å². The number of nitrogens with zero attached hydrogens (tertiary/aromatic N) is 2. The standard InChI is InChI=1S/C11H10F2N4/c12-9-3-1-2-8(10(9)13)11(17-14)7-4-15-6-16-5-7/h1-6,11,17H,14H2. The first-order valence-corrected chi connectivity index (χ1v) is 4.89. The predicted molar refractivity (Wildman–Crippen MR) is 57.6 cm³/mol. The van der Waals surface area contributed by atoms with Crippen LogP contribution in [0.15, 0.2) is 36.9 Å². The second-order valence-electron chi connectivity index (χ2n) is 3.41. The number of rotatable bonds is 3. The number of hydrogen-bond donors (Lipinski definition) is 2.